The van der Waals surface area contributed by atoms with Crippen molar-refractivity contribution in [3.8, 4) is 9.35 Å². The second-order valence-electron chi connectivity index (χ2n) is 1.46. The van der Waals surface area contributed by atoms with Gasteiger partial charge in [-0.15, -0.1) is 0 Å². The topological polar surface area (TPSA) is 0 Å². The zero-order chi connectivity index (χ0) is 5.54. The van der Waals surface area contributed by atoms with E-state index in [1.807, 2.05) is 0 Å². The standard InChI is InChI=1S/C5H7.CH3.Hg/c1-3-5-4-2;;/h3,5H2,1H3;1H3;. The van der Waals surface area contributed by atoms with Crippen molar-refractivity contribution in [1.82, 2.24) is 0 Å². The molecule has 36 valence electrons. The van der Waals surface area contributed by atoms with Crippen molar-refractivity contribution in [2.75, 3.05) is 0 Å². The van der Waals surface area contributed by atoms with Gasteiger partial charge in [-0.2, -0.15) is 0 Å². The van der Waals surface area contributed by atoms with E-state index in [2.05, 4.69) is 20.7 Å². The molecule has 0 bridgehead atoms. The van der Waals surface area contributed by atoms with Gasteiger partial charge in [0, 0.05) is 0 Å². The van der Waals surface area contributed by atoms with Crippen molar-refractivity contribution < 1.29 is 24.6 Å². The molecule has 1 heteroatoms. The van der Waals surface area contributed by atoms with Crippen LogP contribution in [0.25, 0.3) is 0 Å². The van der Waals surface area contributed by atoms with Crippen LogP contribution in [0.5, 0.6) is 0 Å². The molecular weight excluding hydrogens is 273 g/mol. The van der Waals surface area contributed by atoms with Crippen LogP contribution in [0.1, 0.15) is 19.8 Å². The van der Waals surface area contributed by atoms with Crippen molar-refractivity contribution in [3.05, 3.63) is 0 Å². The summed E-state index contributed by atoms with van der Waals surface area (Å²) in [5, 5.41) is 0. The third kappa shape index (κ3) is 6.50. The van der Waals surface area contributed by atoms with Crippen molar-refractivity contribution in [2.24, 2.45) is 0 Å². The van der Waals surface area contributed by atoms with E-state index >= 15 is 0 Å². The van der Waals surface area contributed by atoms with E-state index in [-0.39, 0.29) is 0 Å². The Bertz CT molecular complexity index is 75.9. The van der Waals surface area contributed by atoms with Gasteiger partial charge in [0.2, 0.25) is 0 Å². The van der Waals surface area contributed by atoms with Gasteiger partial charge < -0.3 is 0 Å². The van der Waals surface area contributed by atoms with E-state index in [0.717, 1.165) is 6.42 Å². The summed E-state index contributed by atoms with van der Waals surface area (Å²) in [6.07, 6.45) is 2.34. The molecule has 0 rings (SSSR count). The Kier molecular flexibility index (Phi) is 6.95. The maximum atomic E-state index is 3.22. The van der Waals surface area contributed by atoms with Crippen LogP contribution in [-0.4, -0.2) is 0 Å². The van der Waals surface area contributed by atoms with E-state index in [9.17, 15) is 0 Å². The fourth-order valence-electron chi connectivity index (χ4n) is 0.338. The van der Waals surface area contributed by atoms with Gasteiger partial charge in [0.1, 0.15) is 0 Å². The molecule has 0 aliphatic carbocycles. The Balaban J connectivity index is 2.91. The molecule has 0 nitrogen and oxygen atoms in total. The molecule has 0 aromatic rings. The first-order valence-corrected chi connectivity index (χ1v) is 11.1. The summed E-state index contributed by atoms with van der Waals surface area (Å²) < 4.78 is 5.52. The van der Waals surface area contributed by atoms with E-state index in [1.165, 1.54) is 6.42 Å². The fraction of sp³-hybridized carbons (Fsp3) is 0.667. The van der Waals surface area contributed by atoms with Crippen molar-refractivity contribution in [3.63, 3.8) is 0 Å². The van der Waals surface area contributed by atoms with Gasteiger partial charge in [-0.05, 0) is 0 Å². The summed E-state index contributed by atoms with van der Waals surface area (Å²) in [5.74, 6) is 3.13. The number of hydrogen-bond acceptors (Lipinski definition) is 0. The Morgan fingerprint density at radius 3 is 2.71 bits per heavy atom. The molecule has 0 spiro atoms. The molecule has 0 saturated heterocycles. The quantitative estimate of drug-likeness (QED) is 0.509. The average Bonchev–Trinajstić information content (AvgIpc) is 1.69. The second-order valence-corrected chi connectivity index (χ2v) is 5.58. The molecule has 0 heterocycles. The molecule has 0 aromatic heterocycles. The Hall–Kier alpha value is 0.495. The van der Waals surface area contributed by atoms with E-state index < -0.39 is 24.6 Å². The van der Waals surface area contributed by atoms with Crippen LogP contribution in [0.15, 0.2) is 0 Å². The van der Waals surface area contributed by atoms with Gasteiger partial charge in [0.15, 0.2) is 0 Å². The first-order valence-electron chi connectivity index (χ1n) is 2.87. The zero-order valence-corrected chi connectivity index (χ0v) is 10.6. The minimum atomic E-state index is -0.548. The van der Waals surface area contributed by atoms with Gasteiger partial charge in [-0.3, -0.25) is 0 Å². The molecule has 0 amide bonds. The summed E-state index contributed by atoms with van der Waals surface area (Å²) in [6.45, 7) is 2.17. The van der Waals surface area contributed by atoms with Crippen molar-refractivity contribution in [2.45, 2.75) is 24.2 Å². The van der Waals surface area contributed by atoms with Gasteiger partial charge >= 0.3 is 58.1 Å². The summed E-state index contributed by atoms with van der Waals surface area (Å²) in [7, 11) is 0. The Morgan fingerprint density at radius 2 is 2.29 bits per heavy atom. The predicted molar refractivity (Wildman–Crippen MR) is 28.5 cm³/mol. The van der Waals surface area contributed by atoms with Crippen LogP contribution in [0.2, 0.25) is 4.43 Å². The Morgan fingerprint density at radius 1 is 1.57 bits per heavy atom. The molecule has 0 aliphatic heterocycles. The van der Waals surface area contributed by atoms with Crippen LogP contribution in [0.4, 0.5) is 0 Å². The number of hydrogen-bond donors (Lipinski definition) is 0. The zero-order valence-electron chi connectivity index (χ0n) is 5.12. The fourth-order valence-corrected chi connectivity index (χ4v) is 2.00. The Labute approximate surface area is 58.1 Å². The summed E-state index contributed by atoms with van der Waals surface area (Å²) in [5.41, 5.74) is 0. The molecule has 0 unspecified atom stereocenters. The maximum absolute atomic E-state index is 3.22. The third-order valence-electron chi connectivity index (χ3n) is 0.677. The average molecular weight is 283 g/mol. The SMILES string of the molecule is CCCC#[C][Hg][CH3]. The monoisotopic (exact) mass is 284 g/mol. The minimum absolute atomic E-state index is 0.548. The first-order chi connectivity index (χ1) is 3.41. The number of unbranched alkanes of at least 4 members (excludes halogenated alkanes) is 1. The van der Waals surface area contributed by atoms with Gasteiger partial charge in [-0.1, -0.05) is 0 Å². The predicted octanol–water partition coefficient (Wildman–Crippen LogP) is 1.88. The van der Waals surface area contributed by atoms with Crippen LogP contribution >= 0.6 is 0 Å². The summed E-state index contributed by atoms with van der Waals surface area (Å²) in [6, 6.07) is 0. The van der Waals surface area contributed by atoms with Crippen LogP contribution in [0.3, 0.4) is 0 Å². The van der Waals surface area contributed by atoms with E-state index in [0.29, 0.717) is 0 Å². The molecule has 7 heavy (non-hydrogen) atoms. The van der Waals surface area contributed by atoms with Crippen molar-refractivity contribution in [1.29, 1.82) is 0 Å². The summed E-state index contributed by atoms with van der Waals surface area (Å²) in [4.78, 5) is 0. The molecular formula is C6H10Hg. The van der Waals surface area contributed by atoms with Gasteiger partial charge in [0.05, 0.1) is 0 Å². The molecule has 0 aromatic carbocycles. The molecule has 0 radical (unpaired) electrons. The number of rotatable bonds is 1. The van der Waals surface area contributed by atoms with Crippen molar-refractivity contribution >= 4 is 0 Å². The van der Waals surface area contributed by atoms with Crippen LogP contribution in [0, 0.1) is 9.35 Å². The third-order valence-corrected chi connectivity index (χ3v) is 3.02. The second kappa shape index (κ2) is 6.50. The molecule has 0 fully saturated rings. The molecule has 0 saturated carbocycles. The van der Waals surface area contributed by atoms with Gasteiger partial charge in [-0.25, -0.2) is 0 Å². The molecule has 0 aliphatic rings. The van der Waals surface area contributed by atoms with E-state index in [4.69, 9.17) is 0 Å². The molecule has 0 N–H and O–H groups in total. The normalized spacial score (nSPS) is 6.00. The summed E-state index contributed by atoms with van der Waals surface area (Å²) >= 11 is -0.548. The van der Waals surface area contributed by atoms with E-state index in [1.54, 1.807) is 0 Å². The van der Waals surface area contributed by atoms with Crippen LogP contribution in [-0.2, 0) is 24.6 Å². The molecule has 0 atom stereocenters. The first kappa shape index (κ1) is 7.50. The van der Waals surface area contributed by atoms with Crippen LogP contribution < -0.4 is 0 Å². The van der Waals surface area contributed by atoms with Gasteiger partial charge in [0.25, 0.3) is 0 Å².